The largest absolute Gasteiger partial charge is 0.377 e. The van der Waals surface area contributed by atoms with Crippen LogP contribution in [0, 0.1) is 6.92 Å². The van der Waals surface area contributed by atoms with Crippen molar-refractivity contribution in [3.8, 4) is 0 Å². The van der Waals surface area contributed by atoms with Gasteiger partial charge in [-0.25, -0.2) is 4.98 Å². The molecule has 0 atom stereocenters. The van der Waals surface area contributed by atoms with Crippen LogP contribution in [0.5, 0.6) is 0 Å². The van der Waals surface area contributed by atoms with Crippen LogP contribution in [0.15, 0.2) is 18.5 Å². The fourth-order valence-electron chi connectivity index (χ4n) is 1.83. The Morgan fingerprint density at radius 3 is 2.93 bits per heavy atom. The Morgan fingerprint density at radius 2 is 2.27 bits per heavy atom. The first kappa shape index (κ1) is 9.19. The number of imidazole rings is 1. The molecule has 1 aromatic carbocycles. The van der Waals surface area contributed by atoms with Crippen LogP contribution in [0.4, 0.5) is 0 Å². The summed E-state index contributed by atoms with van der Waals surface area (Å²) in [7, 11) is 0. The van der Waals surface area contributed by atoms with Gasteiger partial charge < -0.3 is 9.30 Å². The topological polar surface area (TPSA) is 27.1 Å². The second-order valence-corrected chi connectivity index (χ2v) is 4.34. The first-order valence-electron chi connectivity index (χ1n) is 4.96. The summed E-state index contributed by atoms with van der Waals surface area (Å²) < 4.78 is 7.32. The molecule has 0 amide bonds. The van der Waals surface area contributed by atoms with Crippen molar-refractivity contribution in [1.82, 2.24) is 9.55 Å². The van der Waals surface area contributed by atoms with E-state index in [1.165, 1.54) is 0 Å². The fraction of sp³-hybridized carbons (Fsp3) is 0.364. The summed E-state index contributed by atoms with van der Waals surface area (Å²) >= 11 is 6.11. The van der Waals surface area contributed by atoms with Crippen molar-refractivity contribution in [3.05, 3.63) is 29.0 Å². The number of hydrogen-bond acceptors (Lipinski definition) is 2. The molecular formula is C11H11ClN2O. The van der Waals surface area contributed by atoms with Gasteiger partial charge in [0.2, 0.25) is 0 Å². The first-order chi connectivity index (χ1) is 7.25. The molecule has 1 aliphatic rings. The van der Waals surface area contributed by atoms with Crippen LogP contribution in [0.3, 0.4) is 0 Å². The van der Waals surface area contributed by atoms with Gasteiger partial charge in [-0.05, 0) is 24.6 Å². The van der Waals surface area contributed by atoms with E-state index in [2.05, 4.69) is 9.55 Å². The SMILES string of the molecule is Cc1cc2ncn(C3COC3)c2cc1Cl. The highest BCUT2D eigenvalue weighted by Crippen LogP contribution is 2.27. The minimum atomic E-state index is 0.425. The normalized spacial score (nSPS) is 16.9. The Kier molecular flexibility index (Phi) is 1.97. The van der Waals surface area contributed by atoms with Crippen LogP contribution in [0.2, 0.25) is 5.02 Å². The molecule has 3 nitrogen and oxygen atoms in total. The molecule has 1 aliphatic heterocycles. The number of ether oxygens (including phenoxy) is 1. The van der Waals surface area contributed by atoms with Gasteiger partial charge in [0.05, 0.1) is 36.6 Å². The number of hydrogen-bond donors (Lipinski definition) is 0. The number of rotatable bonds is 1. The minimum Gasteiger partial charge on any atom is -0.377 e. The Bertz CT molecular complexity index is 517. The molecular weight excluding hydrogens is 212 g/mol. The van der Waals surface area contributed by atoms with Crippen molar-refractivity contribution in [2.45, 2.75) is 13.0 Å². The summed E-state index contributed by atoms with van der Waals surface area (Å²) in [5, 5.41) is 0.796. The number of benzene rings is 1. The lowest BCUT2D eigenvalue weighted by atomic mass is 10.2. The summed E-state index contributed by atoms with van der Waals surface area (Å²) in [5.74, 6) is 0. The third-order valence-corrected chi connectivity index (χ3v) is 3.28. The van der Waals surface area contributed by atoms with Gasteiger partial charge in [0.25, 0.3) is 0 Å². The summed E-state index contributed by atoms with van der Waals surface area (Å²) in [6, 6.07) is 4.43. The van der Waals surface area contributed by atoms with E-state index in [0.29, 0.717) is 6.04 Å². The summed E-state index contributed by atoms with van der Waals surface area (Å²) in [5.41, 5.74) is 3.17. The third kappa shape index (κ3) is 1.34. The molecule has 2 aromatic rings. The van der Waals surface area contributed by atoms with E-state index < -0.39 is 0 Å². The van der Waals surface area contributed by atoms with E-state index >= 15 is 0 Å². The number of nitrogens with zero attached hydrogens (tertiary/aromatic N) is 2. The van der Waals surface area contributed by atoms with E-state index in [0.717, 1.165) is 34.8 Å². The first-order valence-corrected chi connectivity index (χ1v) is 5.34. The zero-order valence-corrected chi connectivity index (χ0v) is 9.16. The lowest BCUT2D eigenvalue weighted by molar-refractivity contribution is -0.0216. The van der Waals surface area contributed by atoms with E-state index in [9.17, 15) is 0 Å². The zero-order valence-electron chi connectivity index (χ0n) is 8.40. The van der Waals surface area contributed by atoms with Gasteiger partial charge in [-0.1, -0.05) is 11.6 Å². The van der Waals surface area contributed by atoms with Crippen molar-refractivity contribution in [1.29, 1.82) is 0 Å². The average Bonchev–Trinajstić information content (AvgIpc) is 2.48. The maximum Gasteiger partial charge on any atom is 0.0962 e. The van der Waals surface area contributed by atoms with E-state index in [-0.39, 0.29) is 0 Å². The van der Waals surface area contributed by atoms with Gasteiger partial charge in [0.1, 0.15) is 0 Å². The van der Waals surface area contributed by atoms with Gasteiger partial charge in [0.15, 0.2) is 0 Å². The Morgan fingerprint density at radius 1 is 1.47 bits per heavy atom. The second kappa shape index (κ2) is 3.22. The van der Waals surface area contributed by atoms with E-state index in [4.69, 9.17) is 16.3 Å². The van der Waals surface area contributed by atoms with Crippen LogP contribution in [0.25, 0.3) is 11.0 Å². The van der Waals surface area contributed by atoms with Gasteiger partial charge in [0, 0.05) is 5.02 Å². The monoisotopic (exact) mass is 222 g/mol. The highest BCUT2D eigenvalue weighted by molar-refractivity contribution is 6.32. The van der Waals surface area contributed by atoms with Crippen molar-refractivity contribution in [3.63, 3.8) is 0 Å². The number of fused-ring (bicyclic) bond motifs is 1. The molecule has 0 radical (unpaired) electrons. The maximum absolute atomic E-state index is 6.11. The summed E-state index contributed by atoms with van der Waals surface area (Å²) in [6.07, 6.45) is 1.87. The molecule has 2 heterocycles. The molecule has 1 aromatic heterocycles. The molecule has 0 saturated carbocycles. The molecule has 15 heavy (non-hydrogen) atoms. The van der Waals surface area contributed by atoms with Crippen LogP contribution in [0.1, 0.15) is 11.6 Å². The number of aryl methyl sites for hydroxylation is 1. The molecule has 1 fully saturated rings. The third-order valence-electron chi connectivity index (χ3n) is 2.87. The van der Waals surface area contributed by atoms with Gasteiger partial charge in [-0.3, -0.25) is 0 Å². The van der Waals surface area contributed by atoms with Crippen molar-refractivity contribution < 1.29 is 4.74 Å². The van der Waals surface area contributed by atoms with E-state index in [1.807, 2.05) is 25.4 Å². The molecule has 0 unspecified atom stereocenters. The number of aromatic nitrogens is 2. The summed E-state index contributed by atoms with van der Waals surface area (Å²) in [4.78, 5) is 4.37. The molecule has 0 aliphatic carbocycles. The summed E-state index contributed by atoms with van der Waals surface area (Å²) in [6.45, 7) is 3.54. The van der Waals surface area contributed by atoms with Crippen molar-refractivity contribution in [2.75, 3.05) is 13.2 Å². The standard InChI is InChI=1S/C11H11ClN2O/c1-7-2-10-11(3-9(7)12)14(6-13-10)8-4-15-5-8/h2-3,6,8H,4-5H2,1H3. The van der Waals surface area contributed by atoms with Gasteiger partial charge in [-0.15, -0.1) is 0 Å². The molecule has 1 saturated heterocycles. The lowest BCUT2D eigenvalue weighted by Gasteiger charge is -2.27. The van der Waals surface area contributed by atoms with Crippen molar-refractivity contribution >= 4 is 22.6 Å². The maximum atomic E-state index is 6.11. The Balaban J connectivity index is 2.19. The molecule has 4 heteroatoms. The highest BCUT2D eigenvalue weighted by Gasteiger charge is 2.22. The zero-order chi connectivity index (χ0) is 10.4. The van der Waals surface area contributed by atoms with Crippen LogP contribution in [-0.4, -0.2) is 22.8 Å². The van der Waals surface area contributed by atoms with Crippen LogP contribution >= 0.6 is 11.6 Å². The van der Waals surface area contributed by atoms with Gasteiger partial charge in [-0.2, -0.15) is 0 Å². The molecule has 0 bridgehead atoms. The predicted octanol–water partition coefficient (Wildman–Crippen LogP) is 2.57. The Labute approximate surface area is 92.6 Å². The Hall–Kier alpha value is -1.06. The molecule has 0 N–H and O–H groups in total. The fourth-order valence-corrected chi connectivity index (χ4v) is 1.99. The molecule has 3 rings (SSSR count). The highest BCUT2D eigenvalue weighted by atomic mass is 35.5. The number of halogens is 1. The smallest absolute Gasteiger partial charge is 0.0962 e. The predicted molar refractivity (Wildman–Crippen MR) is 59.3 cm³/mol. The second-order valence-electron chi connectivity index (χ2n) is 3.93. The molecule has 78 valence electrons. The molecule has 0 spiro atoms. The minimum absolute atomic E-state index is 0.425. The van der Waals surface area contributed by atoms with Gasteiger partial charge >= 0.3 is 0 Å². The average molecular weight is 223 g/mol. The van der Waals surface area contributed by atoms with Crippen LogP contribution in [-0.2, 0) is 4.74 Å². The quantitative estimate of drug-likeness (QED) is 0.742. The van der Waals surface area contributed by atoms with Crippen LogP contribution < -0.4 is 0 Å². The van der Waals surface area contributed by atoms with Crippen molar-refractivity contribution in [2.24, 2.45) is 0 Å². The lowest BCUT2D eigenvalue weighted by Crippen LogP contribution is -2.30. The van der Waals surface area contributed by atoms with E-state index in [1.54, 1.807) is 0 Å².